The largest absolute Gasteiger partial charge is 0.489 e. The second-order valence-electron chi connectivity index (χ2n) is 6.99. The fourth-order valence-electron chi connectivity index (χ4n) is 3.16. The molecule has 0 fully saturated rings. The number of ether oxygens (including phenoxy) is 2. The molecular formula is C22H23ClN2O4. The molecule has 3 rings (SSSR count). The van der Waals surface area contributed by atoms with E-state index in [2.05, 4.69) is 10.6 Å². The van der Waals surface area contributed by atoms with E-state index in [0.717, 1.165) is 11.1 Å². The van der Waals surface area contributed by atoms with Crippen molar-refractivity contribution in [3.63, 3.8) is 0 Å². The van der Waals surface area contributed by atoms with Crippen LogP contribution in [0.25, 0.3) is 0 Å². The first-order chi connectivity index (χ1) is 13.9. The summed E-state index contributed by atoms with van der Waals surface area (Å²) < 4.78 is 10.9. The first-order valence-corrected chi connectivity index (χ1v) is 9.64. The van der Waals surface area contributed by atoms with E-state index in [9.17, 15) is 9.59 Å². The molecule has 7 heteroatoms. The Hall–Kier alpha value is -2.99. The van der Waals surface area contributed by atoms with Crippen LogP contribution in [-0.2, 0) is 16.1 Å². The average Bonchev–Trinajstić information content (AvgIpc) is 2.72. The number of amides is 2. The molecule has 0 radical (unpaired) electrons. The van der Waals surface area contributed by atoms with E-state index < -0.39 is 12.0 Å². The predicted octanol–water partition coefficient (Wildman–Crippen LogP) is 4.36. The number of urea groups is 1. The van der Waals surface area contributed by atoms with Gasteiger partial charge >= 0.3 is 12.0 Å². The predicted molar refractivity (Wildman–Crippen MR) is 111 cm³/mol. The minimum Gasteiger partial charge on any atom is -0.489 e. The SMILES string of the molecule is COC(=O)C1=C(C(C)C)NC(=O)NC1c1cccc(OCc2ccc(Cl)cc2)c1. The molecule has 1 atom stereocenters. The number of esters is 1. The van der Waals surface area contributed by atoms with Crippen LogP contribution in [0.4, 0.5) is 4.79 Å². The van der Waals surface area contributed by atoms with Crippen LogP contribution < -0.4 is 15.4 Å². The Morgan fingerprint density at radius 3 is 2.55 bits per heavy atom. The minimum atomic E-state index is -0.632. The zero-order valence-corrected chi connectivity index (χ0v) is 17.2. The van der Waals surface area contributed by atoms with Gasteiger partial charge < -0.3 is 20.1 Å². The van der Waals surface area contributed by atoms with Crippen LogP contribution in [0.15, 0.2) is 59.8 Å². The van der Waals surface area contributed by atoms with E-state index in [1.54, 1.807) is 0 Å². The molecule has 0 spiro atoms. The molecular weight excluding hydrogens is 392 g/mol. The smallest absolute Gasteiger partial charge is 0.337 e. The van der Waals surface area contributed by atoms with E-state index in [0.29, 0.717) is 28.6 Å². The molecule has 0 saturated carbocycles. The lowest BCUT2D eigenvalue weighted by atomic mass is 9.91. The maximum Gasteiger partial charge on any atom is 0.337 e. The highest BCUT2D eigenvalue weighted by atomic mass is 35.5. The van der Waals surface area contributed by atoms with Crippen LogP contribution in [0.2, 0.25) is 5.02 Å². The number of nitrogens with one attached hydrogen (secondary N) is 2. The summed E-state index contributed by atoms with van der Waals surface area (Å²) in [6, 6.07) is 13.7. The van der Waals surface area contributed by atoms with Gasteiger partial charge in [0.05, 0.1) is 18.7 Å². The summed E-state index contributed by atoms with van der Waals surface area (Å²) in [6.07, 6.45) is 0. The van der Waals surface area contributed by atoms with Crippen molar-refractivity contribution < 1.29 is 19.1 Å². The molecule has 6 nitrogen and oxygen atoms in total. The third kappa shape index (κ3) is 4.90. The summed E-state index contributed by atoms with van der Waals surface area (Å²) in [7, 11) is 1.33. The van der Waals surface area contributed by atoms with E-state index in [1.165, 1.54) is 7.11 Å². The Balaban J connectivity index is 1.89. The van der Waals surface area contributed by atoms with Gasteiger partial charge in [0.2, 0.25) is 0 Å². The summed E-state index contributed by atoms with van der Waals surface area (Å²) in [5, 5.41) is 6.21. The highest BCUT2D eigenvalue weighted by molar-refractivity contribution is 6.30. The number of hydrogen-bond acceptors (Lipinski definition) is 4. The molecule has 0 saturated heterocycles. The minimum absolute atomic E-state index is 0.0537. The fraction of sp³-hybridized carbons (Fsp3) is 0.273. The lowest BCUT2D eigenvalue weighted by Gasteiger charge is -2.30. The molecule has 2 aromatic carbocycles. The Bertz CT molecular complexity index is 938. The summed E-state index contributed by atoms with van der Waals surface area (Å²) in [5.41, 5.74) is 2.65. The third-order valence-corrected chi connectivity index (χ3v) is 4.85. The number of hydrogen-bond donors (Lipinski definition) is 2. The maximum absolute atomic E-state index is 12.5. The summed E-state index contributed by atoms with van der Waals surface area (Å²) >= 11 is 5.91. The molecule has 29 heavy (non-hydrogen) atoms. The number of rotatable bonds is 6. The van der Waals surface area contributed by atoms with Crippen molar-refractivity contribution >= 4 is 23.6 Å². The molecule has 2 aromatic rings. The Kier molecular flexibility index (Phi) is 6.44. The highest BCUT2D eigenvalue weighted by Crippen LogP contribution is 2.32. The molecule has 1 heterocycles. The van der Waals surface area contributed by atoms with Crippen molar-refractivity contribution in [2.24, 2.45) is 5.92 Å². The molecule has 152 valence electrons. The molecule has 2 N–H and O–H groups in total. The van der Waals surface area contributed by atoms with Crippen molar-refractivity contribution in [3.05, 3.63) is 76.0 Å². The van der Waals surface area contributed by atoms with Gasteiger partial charge in [-0.05, 0) is 41.3 Å². The second kappa shape index (κ2) is 9.01. The first kappa shape index (κ1) is 20.7. The highest BCUT2D eigenvalue weighted by Gasteiger charge is 2.34. The summed E-state index contributed by atoms with van der Waals surface area (Å²) in [4.78, 5) is 24.7. The van der Waals surface area contributed by atoms with Crippen molar-refractivity contribution in [1.82, 2.24) is 10.6 Å². The first-order valence-electron chi connectivity index (χ1n) is 9.26. The van der Waals surface area contributed by atoms with E-state index >= 15 is 0 Å². The van der Waals surface area contributed by atoms with E-state index in [-0.39, 0.29) is 11.9 Å². The molecule has 0 aromatic heterocycles. The number of methoxy groups -OCH3 is 1. The maximum atomic E-state index is 12.5. The topological polar surface area (TPSA) is 76.7 Å². The van der Waals surface area contributed by atoms with E-state index in [1.807, 2.05) is 62.4 Å². The fourth-order valence-corrected chi connectivity index (χ4v) is 3.28. The number of carbonyl (C=O) groups is 2. The summed E-state index contributed by atoms with van der Waals surface area (Å²) in [6.45, 7) is 4.19. The lowest BCUT2D eigenvalue weighted by Crippen LogP contribution is -2.47. The van der Waals surface area contributed by atoms with Gasteiger partial charge in [-0.2, -0.15) is 0 Å². The normalized spacial score (nSPS) is 16.3. The van der Waals surface area contributed by atoms with Gasteiger partial charge in [-0.25, -0.2) is 9.59 Å². The molecule has 1 unspecified atom stereocenters. The van der Waals surface area contributed by atoms with Crippen molar-refractivity contribution in [2.75, 3.05) is 7.11 Å². The number of benzene rings is 2. The van der Waals surface area contributed by atoms with Gasteiger partial charge in [0.25, 0.3) is 0 Å². The van der Waals surface area contributed by atoms with Crippen LogP contribution in [-0.4, -0.2) is 19.1 Å². The van der Waals surface area contributed by atoms with Gasteiger partial charge in [0.1, 0.15) is 12.4 Å². The average molecular weight is 415 g/mol. The van der Waals surface area contributed by atoms with Gasteiger partial charge in [-0.1, -0.05) is 49.7 Å². The molecule has 2 amide bonds. The Morgan fingerprint density at radius 2 is 1.90 bits per heavy atom. The zero-order chi connectivity index (χ0) is 21.0. The quantitative estimate of drug-likeness (QED) is 0.689. The third-order valence-electron chi connectivity index (χ3n) is 4.60. The molecule has 1 aliphatic heterocycles. The van der Waals surface area contributed by atoms with Crippen molar-refractivity contribution in [3.8, 4) is 5.75 Å². The van der Waals surface area contributed by atoms with Gasteiger partial charge in [0, 0.05) is 10.7 Å². The zero-order valence-electron chi connectivity index (χ0n) is 16.5. The Morgan fingerprint density at radius 1 is 1.17 bits per heavy atom. The molecule has 1 aliphatic rings. The monoisotopic (exact) mass is 414 g/mol. The van der Waals surface area contributed by atoms with Gasteiger partial charge in [-0.3, -0.25) is 0 Å². The van der Waals surface area contributed by atoms with Gasteiger partial charge in [0.15, 0.2) is 0 Å². The van der Waals surface area contributed by atoms with E-state index in [4.69, 9.17) is 21.1 Å². The van der Waals surface area contributed by atoms with Crippen LogP contribution in [0.5, 0.6) is 5.75 Å². The van der Waals surface area contributed by atoms with Crippen LogP contribution >= 0.6 is 11.6 Å². The van der Waals surface area contributed by atoms with Crippen LogP contribution in [0.1, 0.15) is 31.0 Å². The number of allylic oxidation sites excluding steroid dienone is 1. The molecule has 0 bridgehead atoms. The second-order valence-corrected chi connectivity index (χ2v) is 7.43. The lowest BCUT2D eigenvalue weighted by molar-refractivity contribution is -0.136. The number of halogens is 1. The Labute approximate surface area is 174 Å². The molecule has 0 aliphatic carbocycles. The van der Waals surface area contributed by atoms with Crippen molar-refractivity contribution in [2.45, 2.75) is 26.5 Å². The van der Waals surface area contributed by atoms with Crippen molar-refractivity contribution in [1.29, 1.82) is 0 Å². The summed E-state index contributed by atoms with van der Waals surface area (Å²) in [5.74, 6) is 0.0845. The van der Waals surface area contributed by atoms with Crippen LogP contribution in [0.3, 0.4) is 0 Å². The number of carbonyl (C=O) groups excluding carboxylic acids is 2. The standard InChI is InChI=1S/C22H23ClN2O4/c1-13(2)19-18(21(26)28-3)20(25-22(27)24-19)15-5-4-6-17(11-15)29-12-14-7-9-16(23)10-8-14/h4-11,13,20H,12H2,1-3H3,(H2,24,25,27). The van der Waals surface area contributed by atoms with Crippen LogP contribution in [0, 0.1) is 5.92 Å². The van der Waals surface area contributed by atoms with Gasteiger partial charge in [-0.15, -0.1) is 0 Å².